The fraction of sp³-hybridized carbons (Fsp3) is 0.150. The highest BCUT2D eigenvalue weighted by Gasteiger charge is 2.11. The molecule has 4 heteroatoms. The van der Waals surface area contributed by atoms with Gasteiger partial charge in [-0.25, -0.2) is 0 Å². The molecule has 0 saturated carbocycles. The van der Waals surface area contributed by atoms with Crippen LogP contribution in [0.15, 0.2) is 64.1 Å². The molecule has 2 heterocycles. The van der Waals surface area contributed by atoms with Crippen molar-refractivity contribution in [3.05, 3.63) is 65.1 Å². The molecule has 0 amide bonds. The van der Waals surface area contributed by atoms with Gasteiger partial charge in [-0.15, -0.1) is 0 Å². The van der Waals surface area contributed by atoms with E-state index in [4.69, 9.17) is 9.15 Å². The second kappa shape index (κ2) is 5.57. The number of rotatable bonds is 3. The Labute approximate surface area is 138 Å². The third kappa shape index (κ3) is 2.19. The molecule has 2 aromatic heterocycles. The Kier molecular flexibility index (Phi) is 3.38. The molecule has 120 valence electrons. The summed E-state index contributed by atoms with van der Waals surface area (Å²) >= 11 is 0. The molecule has 0 fully saturated rings. The fourth-order valence-electron chi connectivity index (χ4n) is 3.08. The summed E-state index contributed by atoms with van der Waals surface area (Å²) < 4.78 is 13.0. The fourth-order valence-corrected chi connectivity index (χ4v) is 3.08. The lowest BCUT2D eigenvalue weighted by Gasteiger charge is -2.06. The van der Waals surface area contributed by atoms with Crippen LogP contribution in [0.3, 0.4) is 0 Å². The van der Waals surface area contributed by atoms with E-state index in [0.29, 0.717) is 22.3 Å². The molecule has 0 unspecified atom stereocenters. The predicted molar refractivity (Wildman–Crippen MR) is 95.6 cm³/mol. The zero-order valence-corrected chi connectivity index (χ0v) is 13.6. The Morgan fingerprint density at radius 3 is 2.79 bits per heavy atom. The van der Waals surface area contributed by atoms with Crippen molar-refractivity contribution in [3.63, 3.8) is 0 Å². The minimum Gasteiger partial charge on any atom is -0.497 e. The topological polar surface area (TPSA) is 44.4 Å². The molecule has 0 aliphatic rings. The Balaban J connectivity index is 1.92. The molecule has 4 nitrogen and oxygen atoms in total. The minimum atomic E-state index is -0.0515. The number of aromatic nitrogens is 1. The van der Waals surface area contributed by atoms with Gasteiger partial charge < -0.3 is 13.7 Å². The van der Waals surface area contributed by atoms with Gasteiger partial charge in [0, 0.05) is 23.6 Å². The van der Waals surface area contributed by atoms with E-state index in [2.05, 4.69) is 23.8 Å². The van der Waals surface area contributed by atoms with Crippen LogP contribution in [-0.4, -0.2) is 11.7 Å². The van der Waals surface area contributed by atoms with Gasteiger partial charge >= 0.3 is 0 Å². The predicted octanol–water partition coefficient (Wildman–Crippen LogP) is 4.44. The summed E-state index contributed by atoms with van der Waals surface area (Å²) in [7, 11) is 1.58. The molecule has 0 saturated heterocycles. The van der Waals surface area contributed by atoms with Crippen LogP contribution in [0, 0.1) is 0 Å². The maximum absolute atomic E-state index is 12.9. The Hall–Kier alpha value is -3.01. The van der Waals surface area contributed by atoms with Crippen LogP contribution < -0.4 is 10.2 Å². The number of aryl methyl sites for hydroxylation is 1. The van der Waals surface area contributed by atoms with E-state index in [9.17, 15) is 4.79 Å². The highest BCUT2D eigenvalue weighted by molar-refractivity contribution is 5.88. The number of nitrogens with zero attached hydrogens (tertiary/aromatic N) is 1. The van der Waals surface area contributed by atoms with Crippen LogP contribution >= 0.6 is 0 Å². The molecule has 0 atom stereocenters. The van der Waals surface area contributed by atoms with Crippen molar-refractivity contribution < 1.29 is 9.15 Å². The summed E-state index contributed by atoms with van der Waals surface area (Å²) in [5.41, 5.74) is 3.08. The second-order valence-corrected chi connectivity index (χ2v) is 5.72. The third-order valence-electron chi connectivity index (χ3n) is 4.40. The average Bonchev–Trinajstić information content (AvgIpc) is 3.04. The molecule has 0 radical (unpaired) electrons. The van der Waals surface area contributed by atoms with Crippen molar-refractivity contribution in [3.8, 4) is 16.9 Å². The lowest BCUT2D eigenvalue weighted by atomic mass is 10.0. The maximum Gasteiger partial charge on any atom is 0.200 e. The minimum absolute atomic E-state index is 0.0515. The van der Waals surface area contributed by atoms with E-state index in [1.165, 1.54) is 6.26 Å². The third-order valence-corrected chi connectivity index (χ3v) is 4.40. The van der Waals surface area contributed by atoms with E-state index in [1.54, 1.807) is 25.3 Å². The first-order valence-electron chi connectivity index (χ1n) is 7.90. The van der Waals surface area contributed by atoms with Crippen molar-refractivity contribution in [2.75, 3.05) is 7.11 Å². The molecule has 24 heavy (non-hydrogen) atoms. The van der Waals surface area contributed by atoms with Gasteiger partial charge in [-0.3, -0.25) is 4.79 Å². The number of ether oxygens (including phenoxy) is 1. The highest BCUT2D eigenvalue weighted by Crippen LogP contribution is 2.26. The normalized spacial score (nSPS) is 11.2. The Bertz CT molecular complexity index is 1100. The van der Waals surface area contributed by atoms with Gasteiger partial charge in [-0.05, 0) is 48.9 Å². The van der Waals surface area contributed by atoms with Gasteiger partial charge in [0.2, 0.25) is 5.43 Å². The summed E-state index contributed by atoms with van der Waals surface area (Å²) in [6.45, 7) is 3.03. The number of hydrogen-bond acceptors (Lipinski definition) is 3. The SMILES string of the molecule is CCn1ccc2cc(-c3coc4ccc(OC)cc4c3=O)ccc21. The van der Waals surface area contributed by atoms with Crippen molar-refractivity contribution in [1.82, 2.24) is 4.57 Å². The molecular formula is C20H17NO3. The van der Waals surface area contributed by atoms with Gasteiger partial charge in [-0.1, -0.05) is 6.07 Å². The molecule has 2 aromatic carbocycles. The molecule has 4 aromatic rings. The molecule has 0 aliphatic carbocycles. The number of methoxy groups -OCH3 is 1. The molecule has 0 bridgehead atoms. The van der Waals surface area contributed by atoms with E-state index in [1.807, 2.05) is 18.2 Å². The van der Waals surface area contributed by atoms with Gasteiger partial charge in [0.15, 0.2) is 0 Å². The van der Waals surface area contributed by atoms with E-state index in [-0.39, 0.29) is 5.43 Å². The molecule has 0 N–H and O–H groups in total. The maximum atomic E-state index is 12.9. The van der Waals surface area contributed by atoms with Gasteiger partial charge in [0.25, 0.3) is 0 Å². The standard InChI is InChI=1S/C20H17NO3/c1-3-21-9-8-14-10-13(4-6-18(14)21)17-12-24-19-7-5-15(23-2)11-16(19)20(17)22/h4-12H,3H2,1-2H3. The number of benzene rings is 2. The molecule has 4 rings (SSSR count). The molecule has 0 spiro atoms. The zero-order chi connectivity index (χ0) is 16.7. The van der Waals surface area contributed by atoms with Crippen molar-refractivity contribution in [2.24, 2.45) is 0 Å². The lowest BCUT2D eigenvalue weighted by molar-refractivity contribution is 0.415. The number of hydrogen-bond donors (Lipinski definition) is 0. The first-order chi connectivity index (χ1) is 11.7. The monoisotopic (exact) mass is 319 g/mol. The van der Waals surface area contributed by atoms with Gasteiger partial charge in [0.1, 0.15) is 17.6 Å². The van der Waals surface area contributed by atoms with E-state index in [0.717, 1.165) is 23.0 Å². The highest BCUT2D eigenvalue weighted by atomic mass is 16.5. The van der Waals surface area contributed by atoms with Crippen LogP contribution in [0.25, 0.3) is 33.0 Å². The Morgan fingerprint density at radius 2 is 2.00 bits per heavy atom. The number of fused-ring (bicyclic) bond motifs is 2. The van der Waals surface area contributed by atoms with Crippen molar-refractivity contribution in [2.45, 2.75) is 13.5 Å². The van der Waals surface area contributed by atoms with Gasteiger partial charge in [0.05, 0.1) is 18.1 Å². The van der Waals surface area contributed by atoms with Crippen LogP contribution in [0.5, 0.6) is 5.75 Å². The molecular weight excluding hydrogens is 302 g/mol. The second-order valence-electron chi connectivity index (χ2n) is 5.72. The summed E-state index contributed by atoms with van der Waals surface area (Å²) in [6.07, 6.45) is 3.59. The quantitative estimate of drug-likeness (QED) is 0.560. The lowest BCUT2D eigenvalue weighted by Crippen LogP contribution is -2.05. The van der Waals surface area contributed by atoms with Crippen LogP contribution in [0.4, 0.5) is 0 Å². The molecule has 0 aliphatic heterocycles. The van der Waals surface area contributed by atoms with Crippen LogP contribution in [-0.2, 0) is 6.54 Å². The first kappa shape index (κ1) is 14.6. The average molecular weight is 319 g/mol. The van der Waals surface area contributed by atoms with Crippen LogP contribution in [0.2, 0.25) is 0 Å². The largest absolute Gasteiger partial charge is 0.497 e. The Morgan fingerprint density at radius 1 is 1.12 bits per heavy atom. The van der Waals surface area contributed by atoms with E-state index < -0.39 is 0 Å². The summed E-state index contributed by atoms with van der Waals surface area (Å²) in [4.78, 5) is 12.9. The van der Waals surface area contributed by atoms with Crippen molar-refractivity contribution >= 4 is 21.9 Å². The first-order valence-corrected chi connectivity index (χ1v) is 7.90. The summed E-state index contributed by atoms with van der Waals surface area (Å²) in [5, 5.41) is 1.64. The summed E-state index contributed by atoms with van der Waals surface area (Å²) in [5.74, 6) is 0.641. The van der Waals surface area contributed by atoms with Crippen LogP contribution in [0.1, 0.15) is 6.92 Å². The zero-order valence-electron chi connectivity index (χ0n) is 13.6. The van der Waals surface area contributed by atoms with Crippen molar-refractivity contribution in [1.29, 1.82) is 0 Å². The smallest absolute Gasteiger partial charge is 0.200 e. The van der Waals surface area contributed by atoms with Gasteiger partial charge in [-0.2, -0.15) is 0 Å². The summed E-state index contributed by atoms with van der Waals surface area (Å²) in [6, 6.07) is 13.4. The van der Waals surface area contributed by atoms with E-state index >= 15 is 0 Å².